The fourth-order valence-corrected chi connectivity index (χ4v) is 8.33. The maximum absolute atomic E-state index is 14.0. The highest BCUT2D eigenvalue weighted by atomic mass is 16.5. The molecule has 5 atom stereocenters. The molecule has 3 fully saturated rings. The molecule has 4 N–H and O–H groups in total. The number of hydrogen-bond acceptors (Lipinski definition) is 9. The second-order valence-corrected chi connectivity index (χ2v) is 16.3. The number of nitrogens with zero attached hydrogens (tertiary/aromatic N) is 4. The Morgan fingerprint density at radius 2 is 1.52 bits per heavy atom. The molecule has 15 heteroatoms. The summed E-state index contributed by atoms with van der Waals surface area (Å²) in [5.74, 6) is 7.36. The van der Waals surface area contributed by atoms with Gasteiger partial charge in [-0.3, -0.25) is 9.59 Å². The van der Waals surface area contributed by atoms with E-state index in [1.807, 2.05) is 75.1 Å². The van der Waals surface area contributed by atoms with Crippen molar-refractivity contribution >= 4 is 35.0 Å². The van der Waals surface area contributed by atoms with E-state index < -0.39 is 24.3 Å². The van der Waals surface area contributed by atoms with E-state index in [2.05, 4.69) is 37.4 Å². The van der Waals surface area contributed by atoms with Crippen molar-refractivity contribution < 1.29 is 33.4 Å². The molecule has 58 heavy (non-hydrogen) atoms. The lowest BCUT2D eigenvalue weighted by molar-refractivity contribution is -0.136. The highest BCUT2D eigenvalue weighted by Crippen LogP contribution is 2.48. The van der Waals surface area contributed by atoms with Gasteiger partial charge in [-0.25, -0.2) is 19.6 Å². The van der Waals surface area contributed by atoms with Crippen molar-refractivity contribution in [3.63, 3.8) is 0 Å². The molecule has 7 rings (SSSR count). The molecule has 3 aliphatic rings. The van der Waals surface area contributed by atoms with Gasteiger partial charge in [0.1, 0.15) is 23.7 Å². The highest BCUT2D eigenvalue weighted by molar-refractivity contribution is 5.87. The van der Waals surface area contributed by atoms with Gasteiger partial charge in [0.15, 0.2) is 0 Å². The summed E-state index contributed by atoms with van der Waals surface area (Å²) in [6.07, 6.45) is 3.67. The largest absolute Gasteiger partial charge is 0.453 e. The minimum atomic E-state index is -0.744. The molecule has 306 valence electrons. The van der Waals surface area contributed by atoms with Crippen LogP contribution in [0.15, 0.2) is 48.7 Å². The van der Waals surface area contributed by atoms with Crippen LogP contribution in [0.5, 0.6) is 0 Å². The van der Waals surface area contributed by atoms with E-state index in [-0.39, 0.29) is 41.1 Å². The summed E-state index contributed by atoms with van der Waals surface area (Å²) in [4.78, 5) is 71.8. The molecule has 0 saturated carbocycles. The number of likely N-dealkylation sites (tertiary alicyclic amines) is 2. The van der Waals surface area contributed by atoms with Gasteiger partial charge in [0.25, 0.3) is 0 Å². The number of H-pyrrole nitrogens is 2. The quantitative estimate of drug-likeness (QED) is 0.160. The molecule has 15 nitrogen and oxygen atoms in total. The van der Waals surface area contributed by atoms with Crippen molar-refractivity contribution in [2.24, 2.45) is 17.3 Å². The van der Waals surface area contributed by atoms with Crippen LogP contribution in [0.2, 0.25) is 0 Å². The van der Waals surface area contributed by atoms with Crippen LogP contribution in [0.1, 0.15) is 88.2 Å². The number of amides is 4. The number of ether oxygens (including phenoxy) is 3. The number of rotatable bonds is 9. The lowest BCUT2D eigenvalue weighted by Gasteiger charge is -2.30. The van der Waals surface area contributed by atoms with Gasteiger partial charge in [-0.2, -0.15) is 0 Å². The first-order valence-electron chi connectivity index (χ1n) is 19.9. The summed E-state index contributed by atoms with van der Waals surface area (Å²) in [6.45, 7) is 9.93. The number of alkyl carbamates (subject to hydrolysis) is 2. The molecule has 5 heterocycles. The standard InChI is InChI=1S/C43H52N8O7/c1-25(2)35(48-41(54)56-5)39(52)50-18-7-8-33(50)37-44-22-32(47-37)29-14-11-27(12-15-29)9-10-28-13-16-30-31(20-28)46-38(45-30)34-21-43(17-19-58-24-43)23-51(34)40(53)36(26(3)4)49-42(55)57-6/h11-16,20,22,25-26,33-36H,7-8,17-19,21,23-24H2,1-6H3,(H,44,47)(H,45,46)(H,48,54)(H,49,55)/t33-,34-,35-,36-,43+/m0/s1. The van der Waals surface area contributed by atoms with Crippen molar-refractivity contribution in [3.05, 3.63) is 71.4 Å². The van der Waals surface area contributed by atoms with Gasteiger partial charge < -0.3 is 44.6 Å². The van der Waals surface area contributed by atoms with E-state index in [0.717, 1.165) is 52.7 Å². The van der Waals surface area contributed by atoms with Crippen molar-refractivity contribution in [1.29, 1.82) is 0 Å². The maximum atomic E-state index is 14.0. The smallest absolute Gasteiger partial charge is 0.407 e. The number of fused-ring (bicyclic) bond motifs is 1. The molecule has 3 aliphatic heterocycles. The molecular weight excluding hydrogens is 741 g/mol. The van der Waals surface area contributed by atoms with Gasteiger partial charge >= 0.3 is 12.2 Å². The van der Waals surface area contributed by atoms with Crippen LogP contribution in [0.3, 0.4) is 0 Å². The van der Waals surface area contributed by atoms with E-state index >= 15 is 0 Å². The minimum absolute atomic E-state index is 0.113. The first-order chi connectivity index (χ1) is 27.9. The Hall–Kier alpha value is -5.88. The van der Waals surface area contributed by atoms with E-state index in [4.69, 9.17) is 19.2 Å². The summed E-state index contributed by atoms with van der Waals surface area (Å²) in [6, 6.07) is 11.8. The normalized spacial score (nSPS) is 21.3. The van der Waals surface area contributed by atoms with Crippen molar-refractivity contribution in [2.75, 3.05) is 40.5 Å². The Morgan fingerprint density at radius 1 is 0.862 bits per heavy atom. The number of imidazole rings is 2. The van der Waals surface area contributed by atoms with Gasteiger partial charge in [0.05, 0.1) is 55.8 Å². The molecule has 2 aromatic carbocycles. The fourth-order valence-electron chi connectivity index (χ4n) is 8.33. The number of carbonyl (C=O) groups excluding carboxylic acids is 4. The molecule has 4 amide bonds. The van der Waals surface area contributed by atoms with Crippen molar-refractivity contribution in [1.82, 2.24) is 40.4 Å². The van der Waals surface area contributed by atoms with E-state index in [1.54, 1.807) is 11.1 Å². The summed E-state index contributed by atoms with van der Waals surface area (Å²) in [5, 5.41) is 5.42. The number of hydrogen-bond donors (Lipinski definition) is 4. The Balaban J connectivity index is 1.05. The monoisotopic (exact) mass is 792 g/mol. The highest BCUT2D eigenvalue weighted by Gasteiger charge is 2.51. The molecule has 2 aromatic heterocycles. The molecular formula is C43H52N8O7. The van der Waals surface area contributed by atoms with Gasteiger partial charge in [0, 0.05) is 36.2 Å². The predicted molar refractivity (Wildman–Crippen MR) is 215 cm³/mol. The van der Waals surface area contributed by atoms with Crippen LogP contribution in [-0.2, 0) is 23.8 Å². The molecule has 0 unspecified atom stereocenters. The number of benzene rings is 2. The topological polar surface area (TPSA) is 184 Å². The van der Waals surface area contributed by atoms with Crippen LogP contribution in [0.4, 0.5) is 9.59 Å². The van der Waals surface area contributed by atoms with Gasteiger partial charge in [-0.15, -0.1) is 0 Å². The molecule has 0 aliphatic carbocycles. The molecule has 0 radical (unpaired) electrons. The Bertz CT molecular complexity index is 2210. The van der Waals surface area contributed by atoms with Crippen LogP contribution < -0.4 is 10.6 Å². The summed E-state index contributed by atoms with van der Waals surface area (Å²) < 4.78 is 15.4. The zero-order valence-electron chi connectivity index (χ0n) is 33.9. The molecule has 0 bridgehead atoms. The molecule has 3 saturated heterocycles. The van der Waals surface area contributed by atoms with Crippen LogP contribution in [-0.4, -0.2) is 106 Å². The van der Waals surface area contributed by atoms with Gasteiger partial charge in [0.2, 0.25) is 11.8 Å². The third-order valence-electron chi connectivity index (χ3n) is 11.6. The van der Waals surface area contributed by atoms with Crippen LogP contribution in [0, 0.1) is 29.1 Å². The van der Waals surface area contributed by atoms with Crippen LogP contribution >= 0.6 is 0 Å². The zero-order valence-corrected chi connectivity index (χ0v) is 33.9. The SMILES string of the molecule is COC(=O)N[C@H](C(=O)N1CCC[C@H]1c1ncc(-c2ccc(C#Cc3ccc4nc([C@@H]5C[C@]6(CCOC6)CN5C(=O)[C@@H](NC(=O)OC)C(C)C)[nH]c4c3)cc2)[nH]1)C(C)C. The summed E-state index contributed by atoms with van der Waals surface area (Å²) in [5.41, 5.74) is 4.83. The molecule has 1 spiro atoms. The maximum Gasteiger partial charge on any atom is 0.407 e. The number of aromatic amines is 2. The minimum Gasteiger partial charge on any atom is -0.453 e. The lowest BCUT2D eigenvalue weighted by atomic mass is 9.85. The number of methoxy groups -OCH3 is 2. The average Bonchev–Trinajstić information content (AvgIpc) is 4.08. The van der Waals surface area contributed by atoms with Gasteiger partial charge in [-0.1, -0.05) is 51.7 Å². The summed E-state index contributed by atoms with van der Waals surface area (Å²) >= 11 is 0. The Morgan fingerprint density at radius 3 is 2.16 bits per heavy atom. The third-order valence-corrected chi connectivity index (χ3v) is 11.6. The first kappa shape index (κ1) is 40.3. The second kappa shape index (κ2) is 16.9. The number of aromatic nitrogens is 4. The second-order valence-electron chi connectivity index (χ2n) is 16.3. The fraction of sp³-hybridized carbons (Fsp3) is 0.488. The van der Waals surface area contributed by atoms with Crippen molar-refractivity contribution in [3.8, 4) is 23.1 Å². The Kier molecular flexibility index (Phi) is 11.8. The zero-order chi connectivity index (χ0) is 41.1. The van der Waals surface area contributed by atoms with E-state index in [9.17, 15) is 19.2 Å². The summed E-state index contributed by atoms with van der Waals surface area (Å²) in [7, 11) is 2.57. The van der Waals surface area contributed by atoms with Crippen LogP contribution in [0.25, 0.3) is 22.3 Å². The van der Waals surface area contributed by atoms with Crippen molar-refractivity contribution in [2.45, 2.75) is 77.5 Å². The number of carbonyl (C=O) groups is 4. The predicted octanol–water partition coefficient (Wildman–Crippen LogP) is 5.46. The average molecular weight is 793 g/mol. The van der Waals surface area contributed by atoms with E-state index in [1.165, 1.54) is 14.2 Å². The molecule has 4 aromatic rings. The van der Waals surface area contributed by atoms with E-state index in [0.29, 0.717) is 44.4 Å². The third kappa shape index (κ3) is 8.38. The first-order valence-corrected chi connectivity index (χ1v) is 19.9. The lowest BCUT2D eigenvalue weighted by Crippen LogP contribution is -2.51. The Labute approximate surface area is 338 Å². The van der Waals surface area contributed by atoms with Gasteiger partial charge in [-0.05, 0) is 73.4 Å². The number of nitrogens with one attached hydrogen (secondary N) is 4.